The molecule has 0 bridgehead atoms. The number of nitro groups is 1. The van der Waals surface area contributed by atoms with Gasteiger partial charge in [0.2, 0.25) is 0 Å². The molecule has 0 aromatic heterocycles. The Morgan fingerprint density at radius 3 is 2.63 bits per heavy atom. The molecule has 0 aliphatic carbocycles. The number of esters is 1. The Balaban J connectivity index is 2.95. The lowest BCUT2D eigenvalue weighted by Gasteiger charge is -2.06. The maximum Gasteiger partial charge on any atom is 0.338 e. The van der Waals surface area contributed by atoms with E-state index in [1.54, 1.807) is 0 Å². The van der Waals surface area contributed by atoms with E-state index in [-0.39, 0.29) is 24.3 Å². The first-order chi connectivity index (χ1) is 8.95. The van der Waals surface area contributed by atoms with E-state index in [2.05, 4.69) is 4.74 Å². The highest BCUT2D eigenvalue weighted by molar-refractivity contribution is 5.90. The Hall–Kier alpha value is -2.64. The molecule has 0 saturated carbocycles. The van der Waals surface area contributed by atoms with E-state index >= 15 is 0 Å². The lowest BCUT2D eigenvalue weighted by molar-refractivity contribution is -0.385. The van der Waals surface area contributed by atoms with Crippen molar-refractivity contribution >= 4 is 17.6 Å². The van der Waals surface area contributed by atoms with Crippen molar-refractivity contribution in [3.05, 3.63) is 33.9 Å². The molecule has 1 aromatic rings. The van der Waals surface area contributed by atoms with Crippen LogP contribution in [0.2, 0.25) is 0 Å². The molecule has 0 spiro atoms. The van der Waals surface area contributed by atoms with Crippen LogP contribution in [-0.4, -0.2) is 35.7 Å². The maximum atomic E-state index is 11.2. The Kier molecular flexibility index (Phi) is 4.81. The standard InChI is InChI=1S/C11H11NO7/c1-18-11(15)7-2-3-9(8(6-7)12(16)17)19-5-4-10(13)14/h2-3,6H,4-5H2,1H3,(H,13,14). The zero-order chi connectivity index (χ0) is 14.4. The number of ether oxygens (including phenoxy) is 2. The van der Waals surface area contributed by atoms with Gasteiger partial charge in [-0.3, -0.25) is 14.9 Å². The molecule has 19 heavy (non-hydrogen) atoms. The molecule has 0 amide bonds. The Labute approximate surface area is 107 Å². The van der Waals surface area contributed by atoms with Crippen molar-refractivity contribution in [1.29, 1.82) is 0 Å². The summed E-state index contributed by atoms with van der Waals surface area (Å²) in [6.07, 6.45) is -0.282. The van der Waals surface area contributed by atoms with Crippen LogP contribution in [0.15, 0.2) is 18.2 Å². The predicted octanol–water partition coefficient (Wildman–Crippen LogP) is 1.23. The largest absolute Gasteiger partial charge is 0.486 e. The number of carbonyl (C=O) groups is 2. The van der Waals surface area contributed by atoms with E-state index < -0.39 is 22.5 Å². The molecule has 0 unspecified atom stereocenters. The second-order valence-electron chi connectivity index (χ2n) is 3.42. The van der Waals surface area contributed by atoms with Gasteiger partial charge in [-0.15, -0.1) is 0 Å². The molecule has 0 heterocycles. The van der Waals surface area contributed by atoms with E-state index in [4.69, 9.17) is 9.84 Å². The summed E-state index contributed by atoms with van der Waals surface area (Å²) in [5.74, 6) is -1.88. The molecule has 8 heteroatoms. The van der Waals surface area contributed by atoms with Gasteiger partial charge in [0.1, 0.15) is 0 Å². The number of rotatable bonds is 6. The van der Waals surface area contributed by atoms with Crippen molar-refractivity contribution < 1.29 is 29.1 Å². The van der Waals surface area contributed by atoms with Crippen molar-refractivity contribution in [1.82, 2.24) is 0 Å². The average Bonchev–Trinajstić information content (AvgIpc) is 2.37. The first-order valence-corrected chi connectivity index (χ1v) is 5.17. The van der Waals surface area contributed by atoms with Gasteiger partial charge in [-0.05, 0) is 12.1 Å². The minimum absolute atomic E-state index is 0.0137. The van der Waals surface area contributed by atoms with E-state index in [9.17, 15) is 19.7 Å². The number of benzene rings is 1. The number of hydrogen-bond acceptors (Lipinski definition) is 6. The zero-order valence-corrected chi connectivity index (χ0v) is 9.99. The van der Waals surface area contributed by atoms with Gasteiger partial charge < -0.3 is 14.6 Å². The fourth-order valence-electron chi connectivity index (χ4n) is 1.28. The summed E-state index contributed by atoms with van der Waals surface area (Å²) < 4.78 is 9.45. The van der Waals surface area contributed by atoms with Gasteiger partial charge in [0.15, 0.2) is 5.75 Å². The zero-order valence-electron chi connectivity index (χ0n) is 9.99. The smallest absolute Gasteiger partial charge is 0.338 e. The highest BCUT2D eigenvalue weighted by atomic mass is 16.6. The van der Waals surface area contributed by atoms with Gasteiger partial charge in [-0.25, -0.2) is 4.79 Å². The normalized spacial score (nSPS) is 9.74. The molecular weight excluding hydrogens is 258 g/mol. The Bertz CT molecular complexity index is 512. The maximum absolute atomic E-state index is 11.2. The third-order valence-electron chi connectivity index (χ3n) is 2.15. The number of nitrogens with zero attached hydrogens (tertiary/aromatic N) is 1. The van der Waals surface area contributed by atoms with Gasteiger partial charge >= 0.3 is 17.6 Å². The van der Waals surface area contributed by atoms with Crippen molar-refractivity contribution in [2.75, 3.05) is 13.7 Å². The van der Waals surface area contributed by atoms with E-state index in [1.807, 2.05) is 0 Å². The van der Waals surface area contributed by atoms with Crippen molar-refractivity contribution in [2.24, 2.45) is 0 Å². The molecule has 1 aromatic carbocycles. The molecule has 0 fully saturated rings. The highest BCUT2D eigenvalue weighted by Crippen LogP contribution is 2.28. The van der Waals surface area contributed by atoms with Crippen molar-refractivity contribution in [2.45, 2.75) is 6.42 Å². The quantitative estimate of drug-likeness (QED) is 0.469. The fraction of sp³-hybridized carbons (Fsp3) is 0.273. The highest BCUT2D eigenvalue weighted by Gasteiger charge is 2.19. The summed E-state index contributed by atoms with van der Waals surface area (Å²) in [6, 6.07) is 3.54. The molecule has 0 aliphatic heterocycles. The predicted molar refractivity (Wildman–Crippen MR) is 62.2 cm³/mol. The number of aliphatic carboxylic acids is 1. The van der Waals surface area contributed by atoms with Crippen LogP contribution in [-0.2, 0) is 9.53 Å². The summed E-state index contributed by atoms with van der Waals surface area (Å²) in [5, 5.41) is 19.3. The minimum atomic E-state index is -1.08. The molecule has 1 N–H and O–H groups in total. The van der Waals surface area contributed by atoms with Gasteiger partial charge in [-0.2, -0.15) is 0 Å². The molecule has 0 atom stereocenters. The monoisotopic (exact) mass is 269 g/mol. The third-order valence-corrected chi connectivity index (χ3v) is 2.15. The molecule has 0 radical (unpaired) electrons. The van der Waals surface area contributed by atoms with E-state index in [0.717, 1.165) is 13.2 Å². The number of carboxylic acids is 1. The van der Waals surface area contributed by atoms with Crippen LogP contribution in [0, 0.1) is 10.1 Å². The van der Waals surface area contributed by atoms with Gasteiger partial charge in [0.25, 0.3) is 0 Å². The van der Waals surface area contributed by atoms with Crippen LogP contribution in [0.3, 0.4) is 0 Å². The molecule has 1 rings (SSSR count). The van der Waals surface area contributed by atoms with Crippen LogP contribution in [0.4, 0.5) is 5.69 Å². The van der Waals surface area contributed by atoms with E-state index in [0.29, 0.717) is 0 Å². The number of nitro benzene ring substituents is 1. The van der Waals surface area contributed by atoms with Crippen molar-refractivity contribution in [3.8, 4) is 5.75 Å². The van der Waals surface area contributed by atoms with Crippen LogP contribution in [0.25, 0.3) is 0 Å². The minimum Gasteiger partial charge on any atom is -0.486 e. The van der Waals surface area contributed by atoms with Crippen LogP contribution < -0.4 is 4.74 Å². The number of carbonyl (C=O) groups excluding carboxylic acids is 1. The van der Waals surface area contributed by atoms with Crippen LogP contribution in [0.5, 0.6) is 5.75 Å². The third kappa shape index (κ3) is 3.95. The van der Waals surface area contributed by atoms with Crippen LogP contribution >= 0.6 is 0 Å². The molecule has 102 valence electrons. The lowest BCUT2D eigenvalue weighted by atomic mass is 10.2. The van der Waals surface area contributed by atoms with Crippen LogP contribution in [0.1, 0.15) is 16.8 Å². The van der Waals surface area contributed by atoms with E-state index in [1.165, 1.54) is 12.1 Å². The molecular formula is C11H11NO7. The second kappa shape index (κ2) is 6.34. The molecule has 8 nitrogen and oxygen atoms in total. The summed E-state index contributed by atoms with van der Waals surface area (Å²) in [5.41, 5.74) is -0.409. The first-order valence-electron chi connectivity index (χ1n) is 5.17. The fourth-order valence-corrected chi connectivity index (χ4v) is 1.28. The van der Waals surface area contributed by atoms with Crippen molar-refractivity contribution in [3.63, 3.8) is 0 Å². The average molecular weight is 269 g/mol. The summed E-state index contributed by atoms with van der Waals surface area (Å²) in [4.78, 5) is 31.7. The Morgan fingerprint density at radius 2 is 2.11 bits per heavy atom. The lowest BCUT2D eigenvalue weighted by Crippen LogP contribution is -2.07. The summed E-state index contributed by atoms with van der Waals surface area (Å²) in [6.45, 7) is -0.201. The number of hydrogen-bond donors (Lipinski definition) is 1. The molecule has 0 saturated heterocycles. The SMILES string of the molecule is COC(=O)c1ccc(OCCC(=O)O)c([N+](=O)[O-])c1. The number of methoxy groups -OCH3 is 1. The topological polar surface area (TPSA) is 116 Å². The van der Waals surface area contributed by atoms with Gasteiger partial charge in [0, 0.05) is 6.07 Å². The van der Waals surface area contributed by atoms with Gasteiger partial charge in [0.05, 0.1) is 30.6 Å². The summed E-state index contributed by atoms with van der Waals surface area (Å²) >= 11 is 0. The Morgan fingerprint density at radius 1 is 1.42 bits per heavy atom. The summed E-state index contributed by atoms with van der Waals surface area (Å²) in [7, 11) is 1.16. The molecule has 0 aliphatic rings. The van der Waals surface area contributed by atoms with Gasteiger partial charge in [-0.1, -0.05) is 0 Å². The number of carboxylic acid groups (broad SMARTS) is 1. The second-order valence-corrected chi connectivity index (χ2v) is 3.42. The first kappa shape index (κ1) is 14.4.